The Balaban J connectivity index is 2.56. The van der Waals surface area contributed by atoms with Crippen LogP contribution in [0.5, 0.6) is 0 Å². The van der Waals surface area contributed by atoms with E-state index < -0.39 is 0 Å². The molecule has 1 aliphatic heterocycles. The van der Waals surface area contributed by atoms with Crippen molar-refractivity contribution in [3.8, 4) is 0 Å². The standard InChI is InChI=1S/C15H30N2O3/c1-4-19-11-9-17(10-12-20-5-2)14(18)15(3)7-6-8-16-13-15/h16H,4-13H2,1-3H3. The predicted octanol–water partition coefficient (Wildman–Crippen LogP) is 1.28. The Bertz CT molecular complexity index is 268. The second-order valence-corrected chi connectivity index (χ2v) is 5.53. The molecule has 1 heterocycles. The molecule has 20 heavy (non-hydrogen) atoms. The number of nitrogens with one attached hydrogen (secondary N) is 1. The van der Waals surface area contributed by atoms with Gasteiger partial charge in [-0.3, -0.25) is 4.79 Å². The van der Waals surface area contributed by atoms with Gasteiger partial charge in [0.1, 0.15) is 0 Å². The first-order valence-electron chi connectivity index (χ1n) is 7.79. The number of hydrogen-bond donors (Lipinski definition) is 1. The molecule has 118 valence electrons. The summed E-state index contributed by atoms with van der Waals surface area (Å²) in [4.78, 5) is 14.7. The van der Waals surface area contributed by atoms with Gasteiger partial charge in [-0.2, -0.15) is 0 Å². The third-order valence-electron chi connectivity index (χ3n) is 3.82. The van der Waals surface area contributed by atoms with Crippen molar-refractivity contribution in [1.29, 1.82) is 0 Å². The molecule has 5 heteroatoms. The van der Waals surface area contributed by atoms with E-state index in [1.165, 1.54) is 0 Å². The average molecular weight is 286 g/mol. The van der Waals surface area contributed by atoms with Gasteiger partial charge in [-0.1, -0.05) is 0 Å². The Kier molecular flexibility index (Phi) is 8.11. The first-order chi connectivity index (χ1) is 9.64. The minimum absolute atomic E-state index is 0.226. The van der Waals surface area contributed by atoms with Crippen LogP contribution in [0.3, 0.4) is 0 Å². The number of rotatable bonds is 9. The number of hydrogen-bond acceptors (Lipinski definition) is 4. The number of amides is 1. The molecule has 1 unspecified atom stereocenters. The van der Waals surface area contributed by atoms with E-state index in [1.807, 2.05) is 18.7 Å². The summed E-state index contributed by atoms with van der Waals surface area (Å²) in [6.07, 6.45) is 2.02. The maximum absolute atomic E-state index is 12.8. The summed E-state index contributed by atoms with van der Waals surface area (Å²) >= 11 is 0. The van der Waals surface area contributed by atoms with Crippen molar-refractivity contribution in [1.82, 2.24) is 10.2 Å². The van der Waals surface area contributed by atoms with E-state index in [0.717, 1.165) is 25.9 Å². The molecule has 0 spiro atoms. The van der Waals surface area contributed by atoms with Crippen LogP contribution in [0.1, 0.15) is 33.6 Å². The quantitative estimate of drug-likeness (QED) is 0.649. The third-order valence-corrected chi connectivity index (χ3v) is 3.82. The van der Waals surface area contributed by atoms with Gasteiger partial charge in [-0.15, -0.1) is 0 Å². The Morgan fingerprint density at radius 1 is 1.20 bits per heavy atom. The lowest BCUT2D eigenvalue weighted by molar-refractivity contribution is -0.143. The molecular formula is C15H30N2O3. The van der Waals surface area contributed by atoms with Gasteiger partial charge in [-0.25, -0.2) is 0 Å². The fourth-order valence-electron chi connectivity index (χ4n) is 2.57. The molecule has 0 radical (unpaired) electrons. The van der Waals surface area contributed by atoms with Crippen LogP contribution in [0.15, 0.2) is 0 Å². The van der Waals surface area contributed by atoms with E-state index in [-0.39, 0.29) is 11.3 Å². The van der Waals surface area contributed by atoms with Crippen LogP contribution in [-0.2, 0) is 14.3 Å². The average Bonchev–Trinajstić information content (AvgIpc) is 2.46. The highest BCUT2D eigenvalue weighted by Gasteiger charge is 2.37. The Labute approximate surface area is 123 Å². The summed E-state index contributed by atoms with van der Waals surface area (Å²) in [7, 11) is 0. The van der Waals surface area contributed by atoms with Crippen LogP contribution >= 0.6 is 0 Å². The second-order valence-electron chi connectivity index (χ2n) is 5.53. The molecular weight excluding hydrogens is 256 g/mol. The van der Waals surface area contributed by atoms with E-state index in [1.54, 1.807) is 0 Å². The van der Waals surface area contributed by atoms with Crippen molar-refractivity contribution < 1.29 is 14.3 Å². The van der Waals surface area contributed by atoms with Crippen molar-refractivity contribution in [2.75, 3.05) is 52.6 Å². The van der Waals surface area contributed by atoms with Crippen LogP contribution in [0.25, 0.3) is 0 Å². The summed E-state index contributed by atoms with van der Waals surface area (Å²) in [6, 6.07) is 0. The van der Waals surface area contributed by atoms with E-state index in [9.17, 15) is 4.79 Å². The maximum Gasteiger partial charge on any atom is 0.229 e. The van der Waals surface area contributed by atoms with E-state index >= 15 is 0 Å². The summed E-state index contributed by atoms with van der Waals surface area (Å²) in [5.74, 6) is 0.226. The molecule has 0 aromatic carbocycles. The second kappa shape index (κ2) is 9.32. The van der Waals surface area contributed by atoms with Gasteiger partial charge in [0.05, 0.1) is 18.6 Å². The Hall–Kier alpha value is -0.650. The first kappa shape index (κ1) is 17.4. The molecule has 1 atom stereocenters. The summed E-state index contributed by atoms with van der Waals surface area (Å²) < 4.78 is 10.8. The fourth-order valence-corrected chi connectivity index (χ4v) is 2.57. The van der Waals surface area contributed by atoms with Gasteiger partial charge < -0.3 is 19.7 Å². The lowest BCUT2D eigenvalue weighted by Gasteiger charge is -2.37. The maximum atomic E-state index is 12.8. The molecule has 0 aliphatic carbocycles. The fraction of sp³-hybridized carbons (Fsp3) is 0.933. The number of carbonyl (C=O) groups excluding carboxylic acids is 1. The van der Waals surface area contributed by atoms with Gasteiger partial charge >= 0.3 is 0 Å². The van der Waals surface area contributed by atoms with Crippen LogP contribution in [0.4, 0.5) is 0 Å². The molecule has 0 saturated carbocycles. The molecule has 5 nitrogen and oxygen atoms in total. The van der Waals surface area contributed by atoms with Crippen LogP contribution in [0.2, 0.25) is 0 Å². The van der Waals surface area contributed by atoms with E-state index in [4.69, 9.17) is 9.47 Å². The highest BCUT2D eigenvalue weighted by atomic mass is 16.5. The number of ether oxygens (including phenoxy) is 2. The molecule has 1 amide bonds. The smallest absolute Gasteiger partial charge is 0.229 e. The normalized spacial score (nSPS) is 22.8. The van der Waals surface area contributed by atoms with Crippen LogP contribution in [0, 0.1) is 5.41 Å². The van der Waals surface area contributed by atoms with Gasteiger partial charge in [0.15, 0.2) is 0 Å². The molecule has 0 aromatic heterocycles. The first-order valence-corrected chi connectivity index (χ1v) is 7.79. The SMILES string of the molecule is CCOCCN(CCOCC)C(=O)C1(C)CCCNC1. The molecule has 1 aliphatic rings. The lowest BCUT2D eigenvalue weighted by Crippen LogP contribution is -2.51. The van der Waals surface area contributed by atoms with Gasteiger partial charge in [-0.05, 0) is 40.2 Å². The Morgan fingerprint density at radius 2 is 1.80 bits per heavy atom. The van der Waals surface area contributed by atoms with E-state index in [2.05, 4.69) is 12.2 Å². The molecule has 0 aromatic rings. The third kappa shape index (κ3) is 5.38. The summed E-state index contributed by atoms with van der Waals surface area (Å²) in [5.41, 5.74) is -0.281. The summed E-state index contributed by atoms with van der Waals surface area (Å²) in [6.45, 7) is 11.7. The van der Waals surface area contributed by atoms with Crippen molar-refractivity contribution in [3.05, 3.63) is 0 Å². The molecule has 1 fully saturated rings. The lowest BCUT2D eigenvalue weighted by atomic mass is 9.81. The number of carbonyl (C=O) groups is 1. The van der Waals surface area contributed by atoms with Crippen molar-refractivity contribution in [2.24, 2.45) is 5.41 Å². The number of piperidine rings is 1. The van der Waals surface area contributed by atoms with Gasteiger partial charge in [0.2, 0.25) is 5.91 Å². The van der Waals surface area contributed by atoms with Gasteiger partial charge in [0.25, 0.3) is 0 Å². The molecule has 0 bridgehead atoms. The van der Waals surface area contributed by atoms with Crippen molar-refractivity contribution >= 4 is 5.91 Å². The van der Waals surface area contributed by atoms with Gasteiger partial charge in [0, 0.05) is 32.8 Å². The molecule has 1 rings (SSSR count). The van der Waals surface area contributed by atoms with Crippen molar-refractivity contribution in [2.45, 2.75) is 33.6 Å². The zero-order valence-electron chi connectivity index (χ0n) is 13.2. The minimum Gasteiger partial charge on any atom is -0.380 e. The molecule has 1 N–H and O–H groups in total. The van der Waals surface area contributed by atoms with Crippen LogP contribution < -0.4 is 5.32 Å². The topological polar surface area (TPSA) is 50.8 Å². The molecule has 1 saturated heterocycles. The monoisotopic (exact) mass is 286 g/mol. The zero-order chi connectivity index (χ0) is 14.8. The largest absolute Gasteiger partial charge is 0.380 e. The number of nitrogens with zero attached hydrogens (tertiary/aromatic N) is 1. The highest BCUT2D eigenvalue weighted by Crippen LogP contribution is 2.27. The minimum atomic E-state index is -0.281. The van der Waals surface area contributed by atoms with Crippen LogP contribution in [-0.4, -0.2) is 63.4 Å². The van der Waals surface area contributed by atoms with Crippen molar-refractivity contribution in [3.63, 3.8) is 0 Å². The zero-order valence-corrected chi connectivity index (χ0v) is 13.2. The predicted molar refractivity (Wildman–Crippen MR) is 79.8 cm³/mol. The summed E-state index contributed by atoms with van der Waals surface area (Å²) in [5, 5.41) is 3.34. The van der Waals surface area contributed by atoms with E-state index in [0.29, 0.717) is 39.5 Å². The highest BCUT2D eigenvalue weighted by molar-refractivity contribution is 5.82. The Morgan fingerprint density at radius 3 is 2.25 bits per heavy atom.